The predicted molar refractivity (Wildman–Crippen MR) is 99.9 cm³/mol. The lowest BCUT2D eigenvalue weighted by atomic mass is 9.46. The molecule has 0 radical (unpaired) electrons. The van der Waals surface area contributed by atoms with Gasteiger partial charge in [-0.3, -0.25) is 0 Å². The van der Waals surface area contributed by atoms with E-state index in [4.69, 9.17) is 5.84 Å². The molecule has 0 saturated heterocycles. The zero-order valence-corrected chi connectivity index (χ0v) is 15.9. The zero-order valence-electron chi connectivity index (χ0n) is 15.9. The van der Waals surface area contributed by atoms with Crippen LogP contribution in [0.1, 0.15) is 65.7 Å². The number of nitrogens with zero attached hydrogens (tertiary/aromatic N) is 1. The number of allylic oxidation sites excluding steroid dienone is 1. The van der Waals surface area contributed by atoms with Gasteiger partial charge in [0.25, 0.3) is 0 Å². The van der Waals surface area contributed by atoms with Crippen molar-refractivity contribution < 1.29 is 10.2 Å². The van der Waals surface area contributed by atoms with Gasteiger partial charge in [-0.2, -0.15) is 5.10 Å². The molecule has 4 N–H and O–H groups in total. The molecule has 0 aromatic heterocycles. The van der Waals surface area contributed by atoms with Gasteiger partial charge in [-0.1, -0.05) is 25.5 Å². The minimum atomic E-state index is -0.263. The van der Waals surface area contributed by atoms with Crippen LogP contribution in [-0.4, -0.2) is 28.1 Å². The molecule has 0 spiro atoms. The molecule has 25 heavy (non-hydrogen) atoms. The smallest absolute Gasteiger partial charge is 0.0585 e. The van der Waals surface area contributed by atoms with Crippen LogP contribution in [-0.2, 0) is 0 Å². The molecule has 4 rings (SSSR count). The van der Waals surface area contributed by atoms with Crippen LogP contribution < -0.4 is 5.84 Å². The van der Waals surface area contributed by atoms with Crippen LogP contribution in [0.25, 0.3) is 0 Å². The molecule has 8 atom stereocenters. The van der Waals surface area contributed by atoms with Gasteiger partial charge < -0.3 is 16.1 Å². The first-order valence-corrected chi connectivity index (χ1v) is 10.1. The number of nitrogens with two attached hydrogens (primary N) is 1. The molecule has 4 heteroatoms. The first-order valence-electron chi connectivity index (χ1n) is 10.1. The topological polar surface area (TPSA) is 78.8 Å². The van der Waals surface area contributed by atoms with Crippen molar-refractivity contribution in [2.45, 2.75) is 77.9 Å². The van der Waals surface area contributed by atoms with Gasteiger partial charge in [0.05, 0.1) is 12.2 Å². The number of aliphatic hydroxyl groups is 2. The van der Waals surface area contributed by atoms with Crippen molar-refractivity contribution >= 4 is 5.71 Å². The SMILES string of the molecule is C/C(=N\N)[C@H]1CCC2C3CC=C4CC(O)CCC4(C)C3C(O)CC21C. The van der Waals surface area contributed by atoms with Crippen molar-refractivity contribution in [3.8, 4) is 0 Å². The van der Waals surface area contributed by atoms with Gasteiger partial charge in [0, 0.05) is 11.6 Å². The molecule has 3 saturated carbocycles. The number of fused-ring (bicyclic) bond motifs is 5. The Hall–Kier alpha value is -0.870. The van der Waals surface area contributed by atoms with Gasteiger partial charge in [0.2, 0.25) is 0 Å². The second-order valence-corrected chi connectivity index (χ2v) is 9.75. The summed E-state index contributed by atoms with van der Waals surface area (Å²) in [6.45, 7) is 6.78. The first-order chi connectivity index (χ1) is 11.8. The fourth-order valence-electron chi connectivity index (χ4n) is 7.55. The Labute approximate surface area is 151 Å². The number of hydrogen-bond acceptors (Lipinski definition) is 4. The molecule has 0 aromatic carbocycles. The summed E-state index contributed by atoms with van der Waals surface area (Å²) in [5, 5.41) is 25.4. The minimum absolute atomic E-state index is 0.0674. The summed E-state index contributed by atoms with van der Waals surface area (Å²) in [5.74, 6) is 7.55. The summed E-state index contributed by atoms with van der Waals surface area (Å²) < 4.78 is 0. The van der Waals surface area contributed by atoms with Crippen LogP contribution in [0.5, 0.6) is 0 Å². The highest BCUT2D eigenvalue weighted by molar-refractivity contribution is 5.85. The normalized spacial score (nSPS) is 52.8. The van der Waals surface area contributed by atoms with E-state index in [0.717, 1.165) is 44.2 Å². The number of hydrazone groups is 1. The van der Waals surface area contributed by atoms with Gasteiger partial charge in [0.1, 0.15) is 0 Å². The lowest BCUT2D eigenvalue weighted by molar-refractivity contribution is -0.120. The van der Waals surface area contributed by atoms with E-state index in [1.807, 2.05) is 0 Å². The quantitative estimate of drug-likeness (QED) is 0.295. The van der Waals surface area contributed by atoms with Crippen LogP contribution in [0.2, 0.25) is 0 Å². The van der Waals surface area contributed by atoms with Crippen molar-refractivity contribution in [1.82, 2.24) is 0 Å². The average molecular weight is 347 g/mol. The molecular formula is C21H34N2O2. The largest absolute Gasteiger partial charge is 0.393 e. The molecule has 140 valence electrons. The van der Waals surface area contributed by atoms with Crippen LogP contribution in [0.4, 0.5) is 0 Å². The highest BCUT2D eigenvalue weighted by Crippen LogP contribution is 2.66. The molecule has 0 aromatic rings. The van der Waals surface area contributed by atoms with E-state index in [1.54, 1.807) is 0 Å². The molecule has 3 fully saturated rings. The van der Waals surface area contributed by atoms with E-state index in [-0.39, 0.29) is 23.0 Å². The Bertz CT molecular complexity index is 615. The van der Waals surface area contributed by atoms with Gasteiger partial charge in [0.15, 0.2) is 0 Å². The van der Waals surface area contributed by atoms with Gasteiger partial charge in [-0.25, -0.2) is 0 Å². The monoisotopic (exact) mass is 346 g/mol. The maximum Gasteiger partial charge on any atom is 0.0585 e. The summed E-state index contributed by atoms with van der Waals surface area (Å²) in [7, 11) is 0. The summed E-state index contributed by atoms with van der Waals surface area (Å²) in [6, 6.07) is 0. The fourth-order valence-corrected chi connectivity index (χ4v) is 7.55. The number of hydrogen-bond donors (Lipinski definition) is 3. The third-order valence-corrected chi connectivity index (χ3v) is 8.72. The van der Waals surface area contributed by atoms with E-state index < -0.39 is 0 Å². The van der Waals surface area contributed by atoms with Gasteiger partial charge in [-0.15, -0.1) is 0 Å². The molecule has 0 amide bonds. The number of rotatable bonds is 1. The van der Waals surface area contributed by atoms with E-state index in [9.17, 15) is 10.2 Å². The summed E-state index contributed by atoms with van der Waals surface area (Å²) in [5.41, 5.74) is 2.64. The summed E-state index contributed by atoms with van der Waals surface area (Å²) >= 11 is 0. The standard InChI is InChI=1S/C21H34N2O2/c1-12(23-22)16-6-7-17-15-5-4-13-10-14(24)8-9-20(13,2)19(15)18(25)11-21(16,17)3/h4,14-19,24-25H,5-11,22H2,1-3H3/b23-12+/t14?,15?,16-,17?,18?,19?,20?,21?/m1/s1. The maximum atomic E-state index is 11.3. The van der Waals surface area contributed by atoms with E-state index >= 15 is 0 Å². The van der Waals surface area contributed by atoms with Crippen LogP contribution in [0.15, 0.2) is 16.8 Å². The molecule has 0 heterocycles. The predicted octanol–water partition coefficient (Wildman–Crippen LogP) is 3.23. The molecular weight excluding hydrogens is 312 g/mol. The number of aliphatic hydroxyl groups excluding tert-OH is 2. The molecule has 4 aliphatic rings. The molecule has 0 aliphatic heterocycles. The molecule has 7 unspecified atom stereocenters. The second kappa shape index (κ2) is 5.82. The van der Waals surface area contributed by atoms with E-state index in [2.05, 4.69) is 31.9 Å². The van der Waals surface area contributed by atoms with Crippen molar-refractivity contribution in [3.05, 3.63) is 11.6 Å². The molecule has 4 aliphatic carbocycles. The van der Waals surface area contributed by atoms with Crippen LogP contribution in [0.3, 0.4) is 0 Å². The third kappa shape index (κ3) is 2.36. The van der Waals surface area contributed by atoms with Gasteiger partial charge >= 0.3 is 0 Å². The molecule has 4 nitrogen and oxygen atoms in total. The van der Waals surface area contributed by atoms with E-state index in [1.165, 1.54) is 12.0 Å². The van der Waals surface area contributed by atoms with Crippen molar-refractivity contribution in [1.29, 1.82) is 0 Å². The third-order valence-electron chi connectivity index (χ3n) is 8.72. The minimum Gasteiger partial charge on any atom is -0.393 e. The van der Waals surface area contributed by atoms with Crippen molar-refractivity contribution in [3.63, 3.8) is 0 Å². The van der Waals surface area contributed by atoms with Crippen LogP contribution >= 0.6 is 0 Å². The Balaban J connectivity index is 1.71. The average Bonchev–Trinajstić information content (AvgIpc) is 2.91. The highest BCUT2D eigenvalue weighted by Gasteiger charge is 2.61. The van der Waals surface area contributed by atoms with E-state index in [0.29, 0.717) is 23.7 Å². The Morgan fingerprint density at radius 3 is 2.72 bits per heavy atom. The first kappa shape index (κ1) is 17.5. The Kier molecular flexibility index (Phi) is 4.08. The Morgan fingerprint density at radius 2 is 2.00 bits per heavy atom. The van der Waals surface area contributed by atoms with Crippen molar-refractivity contribution in [2.24, 2.45) is 45.4 Å². The maximum absolute atomic E-state index is 11.3. The lowest BCUT2D eigenvalue weighted by Crippen LogP contribution is -2.56. The Morgan fingerprint density at radius 1 is 1.24 bits per heavy atom. The van der Waals surface area contributed by atoms with Gasteiger partial charge in [-0.05, 0) is 80.5 Å². The lowest BCUT2D eigenvalue weighted by Gasteiger charge is -2.59. The summed E-state index contributed by atoms with van der Waals surface area (Å²) in [6.07, 6.45) is 8.94. The van der Waals surface area contributed by atoms with Crippen LogP contribution in [0, 0.1) is 34.5 Å². The summed E-state index contributed by atoms with van der Waals surface area (Å²) in [4.78, 5) is 0. The molecule has 0 bridgehead atoms. The van der Waals surface area contributed by atoms with Crippen molar-refractivity contribution in [2.75, 3.05) is 0 Å². The fraction of sp³-hybridized carbons (Fsp3) is 0.857. The second-order valence-electron chi connectivity index (χ2n) is 9.75. The zero-order chi connectivity index (χ0) is 18.0. The highest BCUT2D eigenvalue weighted by atomic mass is 16.3.